The van der Waals surface area contributed by atoms with Gasteiger partial charge in [-0.05, 0) is 12.1 Å². The summed E-state index contributed by atoms with van der Waals surface area (Å²) in [6, 6.07) is 8.55. The van der Waals surface area contributed by atoms with E-state index < -0.39 is 68.5 Å². The maximum absolute atomic E-state index is 10.5. The zero-order valence-corrected chi connectivity index (χ0v) is 15.0. The molecule has 0 spiro atoms. The van der Waals surface area contributed by atoms with E-state index in [1.54, 1.807) is 30.3 Å². The monoisotopic (exact) mass is 402 g/mol. The Morgan fingerprint density at radius 1 is 0.857 bits per heavy atom. The second kappa shape index (κ2) is 9.44. The van der Waals surface area contributed by atoms with Crippen molar-refractivity contribution in [3.8, 4) is 5.75 Å². The molecule has 9 atom stereocenters. The van der Waals surface area contributed by atoms with Gasteiger partial charge in [0.2, 0.25) is 6.29 Å². The lowest BCUT2D eigenvalue weighted by Gasteiger charge is -2.44. The summed E-state index contributed by atoms with van der Waals surface area (Å²) in [4.78, 5) is 0. The predicted octanol–water partition coefficient (Wildman–Crippen LogP) is -2.28. The van der Waals surface area contributed by atoms with Gasteiger partial charge in [0.1, 0.15) is 42.4 Å². The Labute approximate surface area is 161 Å². The second-order valence-corrected chi connectivity index (χ2v) is 6.82. The lowest BCUT2D eigenvalue weighted by atomic mass is 9.98. The van der Waals surface area contributed by atoms with E-state index in [2.05, 4.69) is 0 Å². The van der Waals surface area contributed by atoms with Gasteiger partial charge in [0.15, 0.2) is 6.29 Å². The van der Waals surface area contributed by atoms with Crippen molar-refractivity contribution in [1.29, 1.82) is 0 Å². The number of ether oxygens (including phenoxy) is 4. The van der Waals surface area contributed by atoms with Crippen molar-refractivity contribution in [2.75, 3.05) is 13.2 Å². The Morgan fingerprint density at radius 2 is 1.54 bits per heavy atom. The maximum Gasteiger partial charge on any atom is 0.229 e. The molecular formula is C18H26O10. The molecule has 2 saturated heterocycles. The van der Waals surface area contributed by atoms with Gasteiger partial charge in [0.05, 0.1) is 19.3 Å². The molecular weight excluding hydrogens is 376 g/mol. The van der Waals surface area contributed by atoms with Gasteiger partial charge in [-0.1, -0.05) is 18.2 Å². The van der Waals surface area contributed by atoms with Gasteiger partial charge in [-0.15, -0.1) is 0 Å². The van der Waals surface area contributed by atoms with Crippen LogP contribution in [0.2, 0.25) is 0 Å². The highest BCUT2D eigenvalue weighted by atomic mass is 16.7. The van der Waals surface area contributed by atoms with Crippen LogP contribution in [0.1, 0.15) is 6.42 Å². The number of aliphatic hydroxyl groups excluding tert-OH is 6. The summed E-state index contributed by atoms with van der Waals surface area (Å²) in [5, 5.41) is 59.4. The van der Waals surface area contributed by atoms with Gasteiger partial charge in [-0.3, -0.25) is 0 Å². The largest absolute Gasteiger partial charge is 0.462 e. The van der Waals surface area contributed by atoms with Crippen LogP contribution >= 0.6 is 0 Å². The first kappa shape index (κ1) is 21.4. The van der Waals surface area contributed by atoms with Crippen LogP contribution in [0.4, 0.5) is 0 Å². The number of benzene rings is 1. The van der Waals surface area contributed by atoms with Crippen LogP contribution in [0.5, 0.6) is 5.75 Å². The zero-order valence-electron chi connectivity index (χ0n) is 15.0. The summed E-state index contributed by atoms with van der Waals surface area (Å²) in [6.45, 7) is -1.08. The van der Waals surface area contributed by atoms with E-state index in [4.69, 9.17) is 18.9 Å². The summed E-state index contributed by atoms with van der Waals surface area (Å²) in [6.07, 6.45) is -11.2. The minimum Gasteiger partial charge on any atom is -0.462 e. The Kier molecular flexibility index (Phi) is 7.20. The molecule has 0 bridgehead atoms. The molecule has 10 nitrogen and oxygen atoms in total. The molecule has 2 fully saturated rings. The number of hydrogen-bond acceptors (Lipinski definition) is 10. The fourth-order valence-corrected chi connectivity index (χ4v) is 3.28. The van der Waals surface area contributed by atoms with Crippen molar-refractivity contribution >= 4 is 0 Å². The van der Waals surface area contributed by atoms with Gasteiger partial charge in [-0.25, -0.2) is 0 Å². The highest BCUT2D eigenvalue weighted by Crippen LogP contribution is 2.29. The molecule has 0 aliphatic carbocycles. The molecule has 0 amide bonds. The number of rotatable bonds is 6. The fraction of sp³-hybridized carbons (Fsp3) is 0.667. The Hall–Kier alpha value is -1.34. The number of para-hydroxylation sites is 1. The fourth-order valence-electron chi connectivity index (χ4n) is 3.28. The molecule has 0 saturated carbocycles. The topological polar surface area (TPSA) is 158 Å². The van der Waals surface area contributed by atoms with Gasteiger partial charge in [0, 0.05) is 6.42 Å². The van der Waals surface area contributed by atoms with Crippen LogP contribution in [0.25, 0.3) is 0 Å². The predicted molar refractivity (Wildman–Crippen MR) is 92.1 cm³/mol. The van der Waals surface area contributed by atoms with Crippen LogP contribution in [0.15, 0.2) is 30.3 Å². The van der Waals surface area contributed by atoms with E-state index in [1.807, 2.05) is 0 Å². The summed E-state index contributed by atoms with van der Waals surface area (Å²) in [5.41, 5.74) is 0. The normalized spacial score (nSPS) is 41.6. The summed E-state index contributed by atoms with van der Waals surface area (Å²) in [7, 11) is 0. The lowest BCUT2D eigenvalue weighted by Crippen LogP contribution is -2.62. The van der Waals surface area contributed by atoms with Gasteiger partial charge in [0.25, 0.3) is 0 Å². The maximum atomic E-state index is 10.5. The van der Waals surface area contributed by atoms with Crippen molar-refractivity contribution in [1.82, 2.24) is 0 Å². The molecule has 10 heteroatoms. The first-order chi connectivity index (χ1) is 13.4. The highest BCUT2D eigenvalue weighted by Gasteiger charge is 2.48. The van der Waals surface area contributed by atoms with E-state index in [0.717, 1.165) is 0 Å². The van der Waals surface area contributed by atoms with Crippen molar-refractivity contribution < 1.29 is 49.6 Å². The van der Waals surface area contributed by atoms with Crippen molar-refractivity contribution in [3.05, 3.63) is 30.3 Å². The van der Waals surface area contributed by atoms with Crippen molar-refractivity contribution in [2.24, 2.45) is 0 Å². The third-order valence-electron chi connectivity index (χ3n) is 4.84. The van der Waals surface area contributed by atoms with E-state index in [0.29, 0.717) is 5.75 Å². The summed E-state index contributed by atoms with van der Waals surface area (Å²) < 4.78 is 22.1. The minimum absolute atomic E-state index is 0.126. The zero-order chi connectivity index (χ0) is 20.3. The third-order valence-corrected chi connectivity index (χ3v) is 4.84. The molecule has 6 N–H and O–H groups in total. The standard InChI is InChI=1S/C18H26O10/c19-7-11-14(22)10(21)6-13(26-11)28-17-12(8-20)27-18(16(24)15(17)23)25-9-4-2-1-3-5-9/h1-5,10-24H,6-8H2/t10-,11-,12-,13+,14-,15-,16-,17-,18-/m1/s1. The Morgan fingerprint density at radius 3 is 2.18 bits per heavy atom. The first-order valence-electron chi connectivity index (χ1n) is 9.06. The molecule has 3 rings (SSSR count). The molecule has 1 aromatic rings. The van der Waals surface area contributed by atoms with Crippen LogP contribution in [-0.4, -0.2) is 99.2 Å². The molecule has 0 unspecified atom stereocenters. The van der Waals surface area contributed by atoms with Crippen molar-refractivity contribution in [3.63, 3.8) is 0 Å². The van der Waals surface area contributed by atoms with Crippen LogP contribution in [0, 0.1) is 0 Å². The molecule has 158 valence electrons. The van der Waals surface area contributed by atoms with E-state index in [9.17, 15) is 30.6 Å². The molecule has 1 aromatic carbocycles. The Bertz CT molecular complexity index is 599. The second-order valence-electron chi connectivity index (χ2n) is 6.82. The quantitative estimate of drug-likeness (QED) is 0.306. The summed E-state index contributed by atoms with van der Waals surface area (Å²) >= 11 is 0. The van der Waals surface area contributed by atoms with Crippen molar-refractivity contribution in [2.45, 2.75) is 61.7 Å². The molecule has 0 aromatic heterocycles. The average Bonchev–Trinajstić information content (AvgIpc) is 2.70. The lowest BCUT2D eigenvalue weighted by molar-refractivity contribution is -0.332. The van der Waals surface area contributed by atoms with Gasteiger partial charge < -0.3 is 49.6 Å². The van der Waals surface area contributed by atoms with E-state index in [-0.39, 0.29) is 6.42 Å². The van der Waals surface area contributed by atoms with Crippen LogP contribution < -0.4 is 4.74 Å². The third kappa shape index (κ3) is 4.62. The molecule has 0 radical (unpaired) electrons. The van der Waals surface area contributed by atoms with Crippen LogP contribution in [0.3, 0.4) is 0 Å². The van der Waals surface area contributed by atoms with Gasteiger partial charge in [-0.2, -0.15) is 0 Å². The van der Waals surface area contributed by atoms with E-state index in [1.165, 1.54) is 0 Å². The molecule has 2 aliphatic heterocycles. The molecule has 2 heterocycles. The minimum atomic E-state index is -1.49. The molecule has 28 heavy (non-hydrogen) atoms. The number of hydrogen-bond donors (Lipinski definition) is 6. The highest BCUT2D eigenvalue weighted by molar-refractivity contribution is 5.21. The number of aliphatic hydroxyl groups is 6. The van der Waals surface area contributed by atoms with Crippen LogP contribution in [-0.2, 0) is 14.2 Å². The SMILES string of the molecule is OC[C@H]1O[C@@H](O[C@H]2[C@H](O)[C@@H](O)[C@H](Oc3ccccc3)O[C@@H]2CO)C[C@@H](O)[C@H]1O. The van der Waals surface area contributed by atoms with E-state index >= 15 is 0 Å². The average molecular weight is 402 g/mol. The summed E-state index contributed by atoms with van der Waals surface area (Å²) in [5.74, 6) is 0.410. The smallest absolute Gasteiger partial charge is 0.229 e. The molecule has 2 aliphatic rings. The first-order valence-corrected chi connectivity index (χ1v) is 9.06. The van der Waals surface area contributed by atoms with Gasteiger partial charge >= 0.3 is 0 Å². The Balaban J connectivity index is 1.67.